The van der Waals surface area contributed by atoms with E-state index in [9.17, 15) is 13.2 Å². The normalized spacial score (nSPS) is 10.9. The van der Waals surface area contributed by atoms with Crippen LogP contribution in [0, 0.1) is 17.5 Å². The lowest BCUT2D eigenvalue weighted by Crippen LogP contribution is -1.97. The van der Waals surface area contributed by atoms with Crippen molar-refractivity contribution in [2.75, 3.05) is 0 Å². The molecule has 1 rings (SSSR count). The standard InChI is InChI=1S/C15H21F3/c1-2-3-4-5-6-7-8-9-13-14(17)10-12(16)11-15(13)18/h10-11H,2-9H2,1H3. The van der Waals surface area contributed by atoms with Crippen LogP contribution in [0.3, 0.4) is 0 Å². The lowest BCUT2D eigenvalue weighted by Gasteiger charge is -2.05. The molecule has 1 aromatic carbocycles. The van der Waals surface area contributed by atoms with E-state index in [1.807, 2.05) is 0 Å². The minimum Gasteiger partial charge on any atom is -0.207 e. The Hall–Kier alpha value is -0.990. The molecule has 0 aliphatic rings. The van der Waals surface area contributed by atoms with Gasteiger partial charge in [-0.25, -0.2) is 13.2 Å². The molecule has 0 unspecified atom stereocenters. The van der Waals surface area contributed by atoms with E-state index >= 15 is 0 Å². The summed E-state index contributed by atoms with van der Waals surface area (Å²) >= 11 is 0. The van der Waals surface area contributed by atoms with Crippen molar-refractivity contribution >= 4 is 0 Å². The summed E-state index contributed by atoms with van der Waals surface area (Å²) in [5.41, 5.74) is 0.0185. The van der Waals surface area contributed by atoms with Crippen molar-refractivity contribution in [1.82, 2.24) is 0 Å². The van der Waals surface area contributed by atoms with E-state index in [0.717, 1.165) is 31.4 Å². The number of halogens is 3. The maximum Gasteiger partial charge on any atom is 0.132 e. The predicted octanol–water partition coefficient (Wildman–Crippen LogP) is 5.40. The van der Waals surface area contributed by atoms with E-state index in [1.165, 1.54) is 25.7 Å². The maximum atomic E-state index is 13.3. The molecule has 1 aromatic rings. The largest absolute Gasteiger partial charge is 0.207 e. The molecule has 0 aliphatic carbocycles. The van der Waals surface area contributed by atoms with Gasteiger partial charge in [0.2, 0.25) is 0 Å². The Bertz CT molecular complexity index is 338. The van der Waals surface area contributed by atoms with Gasteiger partial charge in [-0.15, -0.1) is 0 Å². The average molecular weight is 258 g/mol. The van der Waals surface area contributed by atoms with Crippen LogP contribution >= 0.6 is 0 Å². The third-order valence-electron chi connectivity index (χ3n) is 3.14. The molecule has 0 heterocycles. The highest BCUT2D eigenvalue weighted by molar-refractivity contribution is 5.20. The Labute approximate surface area is 107 Å². The first kappa shape index (κ1) is 15.1. The van der Waals surface area contributed by atoms with E-state index in [1.54, 1.807) is 0 Å². The van der Waals surface area contributed by atoms with Crippen molar-refractivity contribution in [3.8, 4) is 0 Å². The Morgan fingerprint density at radius 1 is 0.778 bits per heavy atom. The second kappa shape index (κ2) is 8.17. The minimum absolute atomic E-state index is 0.0185. The van der Waals surface area contributed by atoms with Crippen LogP contribution in [0.25, 0.3) is 0 Å². The minimum atomic E-state index is -0.853. The molecule has 0 radical (unpaired) electrons. The van der Waals surface area contributed by atoms with Crippen molar-refractivity contribution in [2.45, 2.75) is 58.3 Å². The van der Waals surface area contributed by atoms with Crippen molar-refractivity contribution < 1.29 is 13.2 Å². The van der Waals surface area contributed by atoms with Gasteiger partial charge in [-0.2, -0.15) is 0 Å². The third kappa shape index (κ3) is 5.11. The molecule has 0 saturated heterocycles. The Balaban J connectivity index is 2.27. The molecule has 0 saturated carbocycles. The maximum absolute atomic E-state index is 13.3. The number of hydrogen-bond acceptors (Lipinski definition) is 0. The molecule has 18 heavy (non-hydrogen) atoms. The number of rotatable bonds is 8. The molecule has 0 fully saturated rings. The SMILES string of the molecule is CCCCCCCCCc1c(F)cc(F)cc1F. The summed E-state index contributed by atoms with van der Waals surface area (Å²) in [7, 11) is 0. The Morgan fingerprint density at radius 2 is 1.28 bits per heavy atom. The Morgan fingerprint density at radius 3 is 1.83 bits per heavy atom. The zero-order chi connectivity index (χ0) is 13.4. The van der Waals surface area contributed by atoms with Crippen molar-refractivity contribution in [1.29, 1.82) is 0 Å². The van der Waals surface area contributed by atoms with E-state index < -0.39 is 17.5 Å². The molecule has 0 amide bonds. The molecular weight excluding hydrogens is 237 g/mol. The fourth-order valence-electron chi connectivity index (χ4n) is 2.07. The average Bonchev–Trinajstić information content (AvgIpc) is 2.30. The fourth-order valence-corrected chi connectivity index (χ4v) is 2.07. The van der Waals surface area contributed by atoms with Gasteiger partial charge < -0.3 is 0 Å². The van der Waals surface area contributed by atoms with Crippen LogP contribution in [-0.2, 0) is 6.42 Å². The lowest BCUT2D eigenvalue weighted by atomic mass is 10.0. The molecule has 0 bridgehead atoms. The topological polar surface area (TPSA) is 0 Å². The van der Waals surface area contributed by atoms with Crippen LogP contribution in [0.5, 0.6) is 0 Å². The molecule has 0 aromatic heterocycles. The molecule has 0 spiro atoms. The van der Waals surface area contributed by atoms with Crippen LogP contribution in [0.4, 0.5) is 13.2 Å². The van der Waals surface area contributed by atoms with Crippen LogP contribution in [0.1, 0.15) is 57.4 Å². The molecule has 3 heteroatoms. The lowest BCUT2D eigenvalue weighted by molar-refractivity contribution is 0.513. The van der Waals surface area contributed by atoms with Crippen LogP contribution in [0.2, 0.25) is 0 Å². The van der Waals surface area contributed by atoms with Gasteiger partial charge in [0.25, 0.3) is 0 Å². The smallest absolute Gasteiger partial charge is 0.132 e. The summed E-state index contributed by atoms with van der Waals surface area (Å²) in [5, 5.41) is 0. The number of benzene rings is 1. The van der Waals surface area contributed by atoms with Crippen LogP contribution in [0.15, 0.2) is 12.1 Å². The van der Waals surface area contributed by atoms with Gasteiger partial charge in [0.15, 0.2) is 0 Å². The zero-order valence-electron chi connectivity index (χ0n) is 10.9. The monoisotopic (exact) mass is 258 g/mol. The van der Waals surface area contributed by atoms with Gasteiger partial charge in [0.05, 0.1) is 0 Å². The molecule has 0 atom stereocenters. The van der Waals surface area contributed by atoms with E-state index in [0.29, 0.717) is 6.42 Å². The predicted molar refractivity (Wildman–Crippen MR) is 68.0 cm³/mol. The molecule has 102 valence electrons. The highest BCUT2D eigenvalue weighted by Gasteiger charge is 2.10. The fraction of sp³-hybridized carbons (Fsp3) is 0.600. The summed E-state index contributed by atoms with van der Waals surface area (Å²) in [6, 6.07) is 1.50. The molecular formula is C15H21F3. The summed E-state index contributed by atoms with van der Waals surface area (Å²) in [4.78, 5) is 0. The quantitative estimate of drug-likeness (QED) is 0.548. The van der Waals surface area contributed by atoms with Gasteiger partial charge >= 0.3 is 0 Å². The third-order valence-corrected chi connectivity index (χ3v) is 3.14. The van der Waals surface area contributed by atoms with E-state index in [4.69, 9.17) is 0 Å². The van der Waals surface area contributed by atoms with Crippen molar-refractivity contribution in [2.24, 2.45) is 0 Å². The first-order valence-electron chi connectivity index (χ1n) is 6.78. The van der Waals surface area contributed by atoms with Crippen LogP contribution in [-0.4, -0.2) is 0 Å². The highest BCUT2D eigenvalue weighted by Crippen LogP contribution is 2.18. The van der Waals surface area contributed by atoms with Crippen molar-refractivity contribution in [3.63, 3.8) is 0 Å². The van der Waals surface area contributed by atoms with E-state index in [-0.39, 0.29) is 5.56 Å². The highest BCUT2D eigenvalue weighted by atomic mass is 19.1. The number of unbranched alkanes of at least 4 members (excludes halogenated alkanes) is 6. The van der Waals surface area contributed by atoms with Gasteiger partial charge in [-0.05, 0) is 12.8 Å². The second-order valence-corrected chi connectivity index (χ2v) is 4.72. The van der Waals surface area contributed by atoms with E-state index in [2.05, 4.69) is 6.92 Å². The first-order chi connectivity index (χ1) is 8.65. The summed E-state index contributed by atoms with van der Waals surface area (Å²) in [5.74, 6) is -2.38. The van der Waals surface area contributed by atoms with Crippen molar-refractivity contribution in [3.05, 3.63) is 35.1 Å². The Kier molecular flexibility index (Phi) is 6.84. The van der Waals surface area contributed by atoms with Gasteiger partial charge in [-0.1, -0.05) is 45.4 Å². The van der Waals surface area contributed by atoms with Gasteiger partial charge in [0, 0.05) is 17.7 Å². The molecule has 0 nitrogen and oxygen atoms in total. The first-order valence-corrected chi connectivity index (χ1v) is 6.78. The molecule has 0 aliphatic heterocycles. The summed E-state index contributed by atoms with van der Waals surface area (Å²) < 4.78 is 39.3. The summed E-state index contributed by atoms with van der Waals surface area (Å²) in [6.45, 7) is 2.17. The van der Waals surface area contributed by atoms with Gasteiger partial charge in [0.1, 0.15) is 17.5 Å². The molecule has 0 N–H and O–H groups in total. The second-order valence-electron chi connectivity index (χ2n) is 4.72. The zero-order valence-corrected chi connectivity index (χ0v) is 10.9. The van der Waals surface area contributed by atoms with Crippen LogP contribution < -0.4 is 0 Å². The van der Waals surface area contributed by atoms with Gasteiger partial charge in [-0.3, -0.25) is 0 Å². The number of hydrogen-bond donors (Lipinski definition) is 0. The summed E-state index contributed by atoms with van der Waals surface area (Å²) in [6.07, 6.45) is 8.06.